The molecule has 2 aliphatic rings. The van der Waals surface area contributed by atoms with Gasteiger partial charge in [0.15, 0.2) is 0 Å². The first kappa shape index (κ1) is 74.1. The Morgan fingerprint density at radius 3 is 1.18 bits per heavy atom. The van der Waals surface area contributed by atoms with E-state index in [9.17, 15) is 0 Å². The highest BCUT2D eigenvalue weighted by atomic mass is 127. The van der Waals surface area contributed by atoms with Crippen LogP contribution in [0.5, 0.6) is 0 Å². The highest BCUT2D eigenvalue weighted by Gasteiger charge is 2.32. The molecule has 4 heteroatoms. The van der Waals surface area contributed by atoms with Gasteiger partial charge < -0.3 is 0 Å². The molecule has 0 N–H and O–H groups in total. The fraction of sp³-hybridized carbons (Fsp3) is 0.442. The molecule has 0 atom stereocenters. The average Bonchev–Trinajstić information content (AvgIpc) is 1.55. The zero-order chi connectivity index (χ0) is 67.6. The summed E-state index contributed by atoms with van der Waals surface area (Å²) in [5, 5.41) is 0. The van der Waals surface area contributed by atoms with Crippen molar-refractivity contribution < 1.29 is 0 Å². The van der Waals surface area contributed by atoms with Crippen molar-refractivity contribution in [2.45, 2.75) is 252 Å². The zero-order valence-corrected chi connectivity index (χ0v) is 69.2. The topological polar surface area (TPSA) is 0 Å². The van der Waals surface area contributed by atoms with Crippen LogP contribution in [0.1, 0.15) is 258 Å². The van der Waals surface area contributed by atoms with Crippen molar-refractivity contribution in [2.24, 2.45) is 0 Å². The van der Waals surface area contributed by atoms with Gasteiger partial charge in [-0.15, -0.1) is 0 Å². The van der Waals surface area contributed by atoms with Crippen LogP contribution in [-0.4, -0.2) is 0 Å². The molecule has 0 fully saturated rings. The Kier molecular flexibility index (Phi) is 22.9. The summed E-state index contributed by atoms with van der Waals surface area (Å²) in [4.78, 5) is 0. The van der Waals surface area contributed by atoms with Gasteiger partial charge in [-0.1, -0.05) is 215 Å². The Morgan fingerprint density at radius 2 is 0.756 bits per heavy atom. The van der Waals surface area contributed by atoms with Gasteiger partial charge in [-0.05, 0) is 374 Å². The molecule has 0 aliphatic heterocycles. The fourth-order valence-corrected chi connectivity index (χ4v) is 18.1. The molecule has 90 heavy (non-hydrogen) atoms. The summed E-state index contributed by atoms with van der Waals surface area (Å²) in [6.07, 6.45) is 4.22. The fourth-order valence-electron chi connectivity index (χ4n) is 15.0. The van der Waals surface area contributed by atoms with Crippen molar-refractivity contribution in [3.63, 3.8) is 0 Å². The number of rotatable bonds is 4. The van der Waals surface area contributed by atoms with E-state index < -0.39 is 0 Å². The predicted octanol–water partition coefficient (Wildman–Crippen LogP) is 26.4. The Balaban J connectivity index is 0.000000172. The molecule has 0 amide bonds. The van der Waals surface area contributed by atoms with Gasteiger partial charge in [0.25, 0.3) is 0 Å². The molecular weight excluding hydrogens is 1540 g/mol. The molecule has 0 heterocycles. The van der Waals surface area contributed by atoms with Crippen molar-refractivity contribution in [1.82, 2.24) is 0 Å². The number of benzene rings is 8. The molecule has 8 aromatic rings. The minimum Gasteiger partial charge on any atom is -0.0609 e. The summed E-state index contributed by atoms with van der Waals surface area (Å²) >= 11 is 10.0. The van der Waals surface area contributed by atoms with Crippen molar-refractivity contribution in [1.29, 1.82) is 0 Å². The molecular formula is C86H108I4. The third-order valence-corrected chi connectivity index (χ3v) is 23.9. The third-order valence-electron chi connectivity index (χ3n) is 19.0. The van der Waals surface area contributed by atoms with Crippen LogP contribution in [0.15, 0.2) is 97.1 Å². The normalized spacial score (nSPS) is 12.9. The highest BCUT2D eigenvalue weighted by Crippen LogP contribution is 2.49. The summed E-state index contributed by atoms with van der Waals surface area (Å²) in [7, 11) is 0. The quantitative estimate of drug-likeness (QED) is 0.154. The lowest BCUT2D eigenvalue weighted by Crippen LogP contribution is -2.17. The second kappa shape index (κ2) is 27.8. The summed E-state index contributed by atoms with van der Waals surface area (Å²) < 4.78 is 5.58. The smallest absolute Gasteiger partial charge is 0.0197 e. The van der Waals surface area contributed by atoms with Gasteiger partial charge in [-0.2, -0.15) is 0 Å². The lowest BCUT2D eigenvalue weighted by molar-refractivity contribution is 0.580. The first-order valence-electron chi connectivity index (χ1n) is 32.9. The third kappa shape index (κ3) is 16.5. The van der Waals surface area contributed by atoms with Crippen molar-refractivity contribution >= 4 is 90.4 Å². The molecule has 0 spiro atoms. The second-order valence-corrected chi connectivity index (χ2v) is 37.3. The van der Waals surface area contributed by atoms with E-state index >= 15 is 0 Å². The van der Waals surface area contributed by atoms with Crippen LogP contribution in [0.2, 0.25) is 0 Å². The van der Waals surface area contributed by atoms with Crippen LogP contribution >= 0.6 is 90.4 Å². The first-order valence-corrected chi connectivity index (χ1v) is 37.2. The number of hydrogen-bond donors (Lipinski definition) is 0. The summed E-state index contributed by atoms with van der Waals surface area (Å²) in [6.45, 7) is 64.2. The molecule has 0 unspecified atom stereocenters. The van der Waals surface area contributed by atoms with Gasteiger partial charge in [-0.3, -0.25) is 0 Å². The molecule has 2 aliphatic carbocycles. The standard InChI is InChI=1S/C25H34.C23H30I2.C19H22I2.C19H22/c1-14-11-18-13-19-12-15(2)23(25(8,9)10)17(4)21(19)20(18)16(3)22(14)24(5,6)7;1-14-18(22(3,4)5)11-9-16(20(14)24)13-17-10-12-19(23(6,7)8)15(2)21(17)25;1-12-7-6-8-17(20)15(12)11-16-13(2)9-14(10-18(16)21)19(3,4)5;1-12-6-7-16-14(8-12)10-15-9-13(2)18(11-17(15)16)19(3,4)5/h11-12H,13H2,1-10H3;9-12H,13H2,1-8H3;6-10H,11H2,1-5H3;6-9,11H,10H2,1-5H3. The van der Waals surface area contributed by atoms with E-state index in [1.165, 1.54) is 170 Å². The summed E-state index contributed by atoms with van der Waals surface area (Å²) in [6, 6.07) is 37.2. The van der Waals surface area contributed by atoms with Crippen LogP contribution in [0, 0.1) is 83.5 Å². The predicted molar refractivity (Wildman–Crippen MR) is 431 cm³/mol. The minimum absolute atomic E-state index is 0.178. The second-order valence-electron chi connectivity index (χ2n) is 32.9. The van der Waals surface area contributed by atoms with Gasteiger partial charge >= 0.3 is 0 Å². The van der Waals surface area contributed by atoms with Crippen molar-refractivity contribution in [3.05, 3.63) is 245 Å². The van der Waals surface area contributed by atoms with Gasteiger partial charge in [0.2, 0.25) is 0 Å². The molecule has 0 saturated carbocycles. The molecule has 0 saturated heterocycles. The molecule has 10 rings (SSSR count). The molecule has 0 radical (unpaired) electrons. The Labute approximate surface area is 603 Å². The Hall–Kier alpha value is -3.32. The monoisotopic (exact) mass is 1650 g/mol. The molecule has 0 nitrogen and oxygen atoms in total. The van der Waals surface area contributed by atoms with Crippen LogP contribution in [0.25, 0.3) is 22.3 Å². The number of aryl methyl sites for hydroxylation is 6. The summed E-state index contributed by atoms with van der Waals surface area (Å²) in [5.74, 6) is 0. The highest BCUT2D eigenvalue weighted by molar-refractivity contribution is 14.1. The van der Waals surface area contributed by atoms with E-state index in [2.05, 4.69) is 381 Å². The molecule has 0 aromatic heterocycles. The van der Waals surface area contributed by atoms with E-state index in [0.29, 0.717) is 0 Å². The summed E-state index contributed by atoms with van der Waals surface area (Å²) in [5.41, 5.74) is 42.1. The van der Waals surface area contributed by atoms with E-state index in [4.69, 9.17) is 0 Å². The maximum absolute atomic E-state index is 2.53. The van der Waals surface area contributed by atoms with Crippen molar-refractivity contribution in [3.8, 4) is 22.3 Å². The number of halogens is 4. The van der Waals surface area contributed by atoms with Gasteiger partial charge in [0.05, 0.1) is 0 Å². The van der Waals surface area contributed by atoms with Crippen LogP contribution in [0.3, 0.4) is 0 Å². The maximum Gasteiger partial charge on any atom is 0.0197 e. The van der Waals surface area contributed by atoms with Crippen LogP contribution < -0.4 is 0 Å². The van der Waals surface area contributed by atoms with Gasteiger partial charge in [0.1, 0.15) is 0 Å². The SMILES string of the molecule is Cc1c(C(C)(C)C)ccc(Cc2ccc(C(C)(C)C)c(C)c2I)c1I.Cc1cc2c(c(C)c1C(C)(C)C)-c1c(cc(C)c(C(C)(C)C)c1C)C2.Cc1ccc2c(c1)Cc1cc(C)c(C(C)(C)C)cc1-2.Cc1cccc(I)c1Cc1c(C)cc(C(C)(C)C)cc1I. The van der Waals surface area contributed by atoms with E-state index in [1.807, 2.05) is 0 Å². The lowest BCUT2D eigenvalue weighted by Gasteiger charge is -2.29. The molecule has 480 valence electrons. The van der Waals surface area contributed by atoms with E-state index in [1.54, 1.807) is 0 Å². The molecule has 8 aromatic carbocycles. The largest absolute Gasteiger partial charge is 0.0609 e. The van der Waals surface area contributed by atoms with E-state index in [-0.39, 0.29) is 32.5 Å². The first-order chi connectivity index (χ1) is 41.2. The Morgan fingerprint density at radius 1 is 0.322 bits per heavy atom. The van der Waals surface area contributed by atoms with Crippen LogP contribution in [-0.2, 0) is 58.2 Å². The zero-order valence-electron chi connectivity index (χ0n) is 60.6. The van der Waals surface area contributed by atoms with E-state index in [0.717, 1.165) is 25.7 Å². The maximum atomic E-state index is 2.53. The van der Waals surface area contributed by atoms with Gasteiger partial charge in [0, 0.05) is 20.7 Å². The number of hydrogen-bond acceptors (Lipinski definition) is 0. The minimum atomic E-state index is 0.178. The molecule has 0 bridgehead atoms. The lowest BCUT2D eigenvalue weighted by atomic mass is 9.76. The van der Waals surface area contributed by atoms with Gasteiger partial charge in [-0.25, -0.2) is 0 Å². The van der Waals surface area contributed by atoms with Crippen molar-refractivity contribution in [2.75, 3.05) is 0 Å². The Bertz CT molecular complexity index is 3830. The number of fused-ring (bicyclic) bond motifs is 6. The van der Waals surface area contributed by atoms with Crippen LogP contribution in [0.4, 0.5) is 0 Å². The average molecular weight is 1650 g/mol.